The molecule has 2 rings (SSSR count). The fourth-order valence-corrected chi connectivity index (χ4v) is 2.35. The van der Waals surface area contributed by atoms with Gasteiger partial charge in [-0.25, -0.2) is 10.8 Å². The zero-order valence-electron chi connectivity index (χ0n) is 8.07. The van der Waals surface area contributed by atoms with Gasteiger partial charge in [0.15, 0.2) is 10.2 Å². The van der Waals surface area contributed by atoms with Gasteiger partial charge in [0, 0.05) is 0 Å². The van der Waals surface area contributed by atoms with E-state index in [0.717, 1.165) is 15.3 Å². The number of nitrogens with one attached hydrogen (secondary N) is 2. The summed E-state index contributed by atoms with van der Waals surface area (Å²) in [5.74, 6) is 5.16. The molecule has 0 aliphatic carbocycles. The second-order valence-electron chi connectivity index (χ2n) is 3.09. The summed E-state index contributed by atoms with van der Waals surface area (Å²) in [6.07, 6.45) is 0. The van der Waals surface area contributed by atoms with Crippen LogP contribution in [0.15, 0.2) is 18.2 Å². The summed E-state index contributed by atoms with van der Waals surface area (Å²) in [5.41, 5.74) is 4.54. The van der Waals surface area contributed by atoms with Gasteiger partial charge in [-0.05, 0) is 36.8 Å². The van der Waals surface area contributed by atoms with E-state index in [4.69, 9.17) is 18.1 Å². The van der Waals surface area contributed by atoms with Crippen LogP contribution in [0.5, 0.6) is 0 Å². The van der Waals surface area contributed by atoms with Gasteiger partial charge < -0.3 is 10.7 Å². The number of hydrazine groups is 1. The Morgan fingerprint density at radius 1 is 1.53 bits per heavy atom. The number of rotatable bonds is 1. The summed E-state index contributed by atoms with van der Waals surface area (Å²) in [6, 6.07) is 6.12. The summed E-state index contributed by atoms with van der Waals surface area (Å²) >= 11 is 6.44. The molecule has 0 fully saturated rings. The van der Waals surface area contributed by atoms with Gasteiger partial charge in [-0.15, -0.1) is 0 Å². The molecule has 0 radical (unpaired) electrons. The minimum Gasteiger partial charge on any atom is -0.308 e. The lowest BCUT2D eigenvalue weighted by atomic mass is 10.2. The van der Waals surface area contributed by atoms with Crippen molar-refractivity contribution in [2.24, 2.45) is 5.84 Å². The maximum Gasteiger partial charge on any atom is 0.190 e. The molecule has 0 bridgehead atoms. The van der Waals surface area contributed by atoms with Gasteiger partial charge in [-0.2, -0.15) is 0 Å². The predicted octanol–water partition coefficient (Wildman–Crippen LogP) is 1.76. The molecule has 1 aromatic carbocycles. The van der Waals surface area contributed by atoms with Gasteiger partial charge in [0.05, 0.1) is 10.2 Å². The molecule has 1 heterocycles. The fourth-order valence-electron chi connectivity index (χ4n) is 1.22. The molecule has 4 N–H and O–H groups in total. The standard InChI is InChI=1S/C9H10N4S2/c1-5-2-3-6-7(4-5)15-9(11-6)12-8(14)13-10/h2-4H,10H2,1H3,(H2,11,12,13,14). The average molecular weight is 238 g/mol. The first kappa shape index (κ1) is 10.3. The molecule has 2 aromatic rings. The molecule has 0 aliphatic rings. The van der Waals surface area contributed by atoms with E-state index in [1.54, 1.807) is 11.3 Å². The van der Waals surface area contributed by atoms with Crippen molar-refractivity contribution in [1.29, 1.82) is 0 Å². The summed E-state index contributed by atoms with van der Waals surface area (Å²) in [5, 5.41) is 4.02. The van der Waals surface area contributed by atoms with Gasteiger partial charge in [-0.1, -0.05) is 17.4 Å². The van der Waals surface area contributed by atoms with Crippen LogP contribution in [-0.4, -0.2) is 10.1 Å². The number of anilines is 1. The molecule has 0 saturated heterocycles. The quantitative estimate of drug-likeness (QED) is 0.401. The Labute approximate surface area is 96.5 Å². The van der Waals surface area contributed by atoms with E-state index in [1.165, 1.54) is 5.56 Å². The molecule has 1 aromatic heterocycles. The van der Waals surface area contributed by atoms with Crippen molar-refractivity contribution < 1.29 is 0 Å². The predicted molar refractivity (Wildman–Crippen MR) is 67.9 cm³/mol. The highest BCUT2D eigenvalue weighted by Crippen LogP contribution is 2.26. The smallest absolute Gasteiger partial charge is 0.190 e. The van der Waals surface area contributed by atoms with Crippen molar-refractivity contribution in [3.63, 3.8) is 0 Å². The second-order valence-corrected chi connectivity index (χ2v) is 4.53. The van der Waals surface area contributed by atoms with Crippen LogP contribution in [0.1, 0.15) is 5.56 Å². The molecule has 4 nitrogen and oxygen atoms in total. The first-order valence-electron chi connectivity index (χ1n) is 4.34. The number of fused-ring (bicyclic) bond motifs is 1. The van der Waals surface area contributed by atoms with E-state index in [2.05, 4.69) is 28.7 Å². The van der Waals surface area contributed by atoms with E-state index in [-0.39, 0.29) is 0 Å². The maximum atomic E-state index is 5.16. The molecule has 0 amide bonds. The minimum atomic E-state index is 0.366. The number of hydrogen-bond donors (Lipinski definition) is 3. The first-order chi connectivity index (χ1) is 7.19. The van der Waals surface area contributed by atoms with Crippen molar-refractivity contribution in [3.8, 4) is 0 Å². The lowest BCUT2D eigenvalue weighted by Crippen LogP contribution is -2.33. The molecule has 0 unspecified atom stereocenters. The number of nitrogens with zero attached hydrogens (tertiary/aromatic N) is 1. The van der Waals surface area contributed by atoms with Crippen LogP contribution in [0.2, 0.25) is 0 Å². The summed E-state index contributed by atoms with van der Waals surface area (Å²) < 4.78 is 1.14. The van der Waals surface area contributed by atoms with Gasteiger partial charge in [0.25, 0.3) is 0 Å². The van der Waals surface area contributed by atoms with E-state index in [1.807, 2.05) is 12.1 Å². The molecular weight excluding hydrogens is 228 g/mol. The Kier molecular flexibility index (Phi) is 2.81. The fraction of sp³-hybridized carbons (Fsp3) is 0.111. The van der Waals surface area contributed by atoms with Crippen molar-refractivity contribution in [2.45, 2.75) is 6.92 Å². The van der Waals surface area contributed by atoms with Crippen LogP contribution in [-0.2, 0) is 0 Å². The highest BCUT2D eigenvalue weighted by Gasteiger charge is 2.04. The second kappa shape index (κ2) is 4.09. The largest absolute Gasteiger partial charge is 0.308 e. The summed E-state index contributed by atoms with van der Waals surface area (Å²) in [7, 11) is 0. The minimum absolute atomic E-state index is 0.366. The lowest BCUT2D eigenvalue weighted by Gasteiger charge is -2.00. The molecule has 0 saturated carbocycles. The third kappa shape index (κ3) is 2.23. The summed E-state index contributed by atoms with van der Waals surface area (Å²) in [4.78, 5) is 4.37. The Hall–Kier alpha value is -1.24. The third-order valence-corrected chi connectivity index (χ3v) is 3.05. The van der Waals surface area contributed by atoms with Crippen molar-refractivity contribution in [1.82, 2.24) is 10.4 Å². The summed E-state index contributed by atoms with van der Waals surface area (Å²) in [6.45, 7) is 2.05. The van der Waals surface area contributed by atoms with Crippen LogP contribution in [0.4, 0.5) is 5.13 Å². The number of thiocarbonyl (C=S) groups is 1. The number of aromatic nitrogens is 1. The zero-order valence-corrected chi connectivity index (χ0v) is 9.71. The van der Waals surface area contributed by atoms with Gasteiger partial charge in [0.2, 0.25) is 0 Å². The molecule has 78 valence electrons. The van der Waals surface area contributed by atoms with Crippen molar-refractivity contribution in [2.75, 3.05) is 5.32 Å². The third-order valence-electron chi connectivity index (χ3n) is 1.90. The number of hydrogen-bond acceptors (Lipinski definition) is 4. The van der Waals surface area contributed by atoms with Gasteiger partial charge in [-0.3, -0.25) is 0 Å². The van der Waals surface area contributed by atoms with E-state index in [9.17, 15) is 0 Å². The topological polar surface area (TPSA) is 63.0 Å². The Morgan fingerprint density at radius 2 is 2.33 bits per heavy atom. The van der Waals surface area contributed by atoms with Crippen LogP contribution in [0.25, 0.3) is 10.2 Å². The number of benzene rings is 1. The Morgan fingerprint density at radius 3 is 3.07 bits per heavy atom. The molecular formula is C9H10N4S2. The van der Waals surface area contributed by atoms with Crippen LogP contribution < -0.4 is 16.6 Å². The van der Waals surface area contributed by atoms with Crippen LogP contribution in [0.3, 0.4) is 0 Å². The highest BCUT2D eigenvalue weighted by atomic mass is 32.1. The Bertz CT molecular complexity index is 506. The molecule has 15 heavy (non-hydrogen) atoms. The van der Waals surface area contributed by atoms with E-state index >= 15 is 0 Å². The number of thiazole rings is 1. The molecule has 0 aliphatic heterocycles. The Balaban J connectivity index is 2.34. The molecule has 0 spiro atoms. The first-order valence-corrected chi connectivity index (χ1v) is 5.56. The SMILES string of the molecule is Cc1ccc2nc(NC(=S)NN)sc2c1. The molecule has 0 atom stereocenters. The van der Waals surface area contributed by atoms with E-state index in [0.29, 0.717) is 5.11 Å². The highest BCUT2D eigenvalue weighted by molar-refractivity contribution is 7.80. The number of aryl methyl sites for hydroxylation is 1. The molecule has 6 heteroatoms. The lowest BCUT2D eigenvalue weighted by molar-refractivity contribution is 1.04. The normalized spacial score (nSPS) is 10.3. The van der Waals surface area contributed by atoms with Crippen LogP contribution >= 0.6 is 23.6 Å². The van der Waals surface area contributed by atoms with Gasteiger partial charge >= 0.3 is 0 Å². The van der Waals surface area contributed by atoms with E-state index < -0.39 is 0 Å². The number of nitrogens with two attached hydrogens (primary N) is 1. The zero-order chi connectivity index (χ0) is 10.8. The van der Waals surface area contributed by atoms with Crippen molar-refractivity contribution in [3.05, 3.63) is 23.8 Å². The van der Waals surface area contributed by atoms with Crippen LogP contribution in [0, 0.1) is 6.92 Å². The monoisotopic (exact) mass is 238 g/mol. The maximum absolute atomic E-state index is 5.16. The van der Waals surface area contributed by atoms with Gasteiger partial charge in [0.1, 0.15) is 0 Å². The average Bonchev–Trinajstić information content (AvgIpc) is 2.59. The van der Waals surface area contributed by atoms with Crippen molar-refractivity contribution >= 4 is 44.0 Å².